The van der Waals surface area contributed by atoms with E-state index < -0.39 is 18.0 Å². The first-order chi connectivity index (χ1) is 19.3. The number of anilines is 2. The van der Waals surface area contributed by atoms with Crippen molar-refractivity contribution >= 4 is 52.5 Å². The van der Waals surface area contributed by atoms with Crippen LogP contribution in [0.5, 0.6) is 0 Å². The zero-order valence-corrected chi connectivity index (χ0v) is 23.3. The highest BCUT2D eigenvalue weighted by atomic mass is 32.1. The molecule has 2 heterocycles. The number of rotatable bonds is 10. The molecule has 0 aliphatic carbocycles. The molecule has 0 spiro atoms. The van der Waals surface area contributed by atoms with E-state index in [-0.39, 0.29) is 24.8 Å². The van der Waals surface area contributed by atoms with Gasteiger partial charge in [0.1, 0.15) is 6.04 Å². The smallest absolute Gasteiger partial charge is 0.338 e. The van der Waals surface area contributed by atoms with Crippen LogP contribution in [0.4, 0.5) is 11.4 Å². The number of nitrogens with one attached hydrogen (secondary N) is 1. The van der Waals surface area contributed by atoms with Crippen molar-refractivity contribution in [3.8, 4) is 0 Å². The summed E-state index contributed by atoms with van der Waals surface area (Å²) in [6.07, 6.45) is -0.127. The van der Waals surface area contributed by atoms with Crippen molar-refractivity contribution in [2.24, 2.45) is 0 Å². The normalized spacial score (nSPS) is 17.6. The summed E-state index contributed by atoms with van der Waals surface area (Å²) in [5, 5.41) is 3.08. The average molecular weight is 569 g/mol. The molecule has 0 saturated carbocycles. The third-order valence-corrected chi connectivity index (χ3v) is 7.10. The zero-order valence-electron chi connectivity index (χ0n) is 22.5. The van der Waals surface area contributed by atoms with Crippen LogP contribution in [0.25, 0.3) is 0 Å². The zero-order chi connectivity index (χ0) is 28.6. The van der Waals surface area contributed by atoms with Crippen LogP contribution < -0.4 is 10.2 Å². The van der Waals surface area contributed by atoms with Gasteiger partial charge in [0, 0.05) is 31.9 Å². The lowest BCUT2D eigenvalue weighted by atomic mass is 10.1. The third kappa shape index (κ3) is 6.82. The summed E-state index contributed by atoms with van der Waals surface area (Å²) < 4.78 is 15.2. The monoisotopic (exact) mass is 568 g/mol. The van der Waals surface area contributed by atoms with Crippen LogP contribution in [0.3, 0.4) is 0 Å². The summed E-state index contributed by atoms with van der Waals surface area (Å²) in [6, 6.07) is 11.9. The maximum Gasteiger partial charge on any atom is 0.338 e. The Balaban J connectivity index is 1.50. The molecule has 1 atom stereocenters. The number of esters is 2. The summed E-state index contributed by atoms with van der Waals surface area (Å²) in [7, 11) is 1.30. The van der Waals surface area contributed by atoms with Gasteiger partial charge < -0.3 is 24.4 Å². The number of morpholine rings is 1. The minimum absolute atomic E-state index is 0.127. The topological polar surface area (TPSA) is 118 Å². The maximum atomic E-state index is 13.7. The fourth-order valence-electron chi connectivity index (χ4n) is 4.56. The maximum absolute atomic E-state index is 13.7. The first kappa shape index (κ1) is 29.1. The summed E-state index contributed by atoms with van der Waals surface area (Å²) in [6.45, 7) is 5.93. The van der Waals surface area contributed by atoms with E-state index in [9.17, 15) is 19.2 Å². The lowest BCUT2D eigenvalue weighted by Gasteiger charge is -2.30. The Morgan fingerprint density at radius 1 is 0.975 bits per heavy atom. The summed E-state index contributed by atoms with van der Waals surface area (Å²) in [4.78, 5) is 55.9. The van der Waals surface area contributed by atoms with E-state index in [1.54, 1.807) is 60.4 Å². The van der Waals surface area contributed by atoms with E-state index >= 15 is 0 Å². The van der Waals surface area contributed by atoms with Gasteiger partial charge >= 0.3 is 11.9 Å². The van der Waals surface area contributed by atoms with Gasteiger partial charge in [0.2, 0.25) is 5.91 Å². The van der Waals surface area contributed by atoms with Gasteiger partial charge in [-0.05, 0) is 67.7 Å². The highest BCUT2D eigenvalue weighted by Gasteiger charge is 2.44. The van der Waals surface area contributed by atoms with Gasteiger partial charge in [0.15, 0.2) is 5.11 Å². The van der Waals surface area contributed by atoms with E-state index in [0.29, 0.717) is 53.9 Å². The van der Waals surface area contributed by atoms with Crippen LogP contribution in [0.2, 0.25) is 0 Å². The molecular formula is C28H32N4O7S. The fourth-order valence-corrected chi connectivity index (χ4v) is 4.97. The molecule has 0 aromatic heterocycles. The molecule has 2 saturated heterocycles. The van der Waals surface area contributed by atoms with Gasteiger partial charge in [0.25, 0.3) is 5.91 Å². The summed E-state index contributed by atoms with van der Waals surface area (Å²) >= 11 is 5.74. The molecule has 0 radical (unpaired) electrons. The molecule has 11 nitrogen and oxygen atoms in total. The SMILES string of the molecule is CCOC(=O)c1ccc(N2C(=O)C(CC(=O)Nc3ccc(C(=O)OC)cc3)N(CCN3CCOCC3)C2=S)cc1. The highest BCUT2D eigenvalue weighted by molar-refractivity contribution is 7.80. The first-order valence-electron chi connectivity index (χ1n) is 13.0. The number of hydrogen-bond donors (Lipinski definition) is 1. The van der Waals surface area contributed by atoms with Crippen molar-refractivity contribution in [1.29, 1.82) is 0 Å². The van der Waals surface area contributed by atoms with Crippen LogP contribution in [0, 0.1) is 0 Å². The summed E-state index contributed by atoms with van der Waals surface area (Å²) in [5.74, 6) is -1.63. The third-order valence-electron chi connectivity index (χ3n) is 6.68. The number of benzene rings is 2. The number of hydrogen-bond acceptors (Lipinski definition) is 9. The van der Waals surface area contributed by atoms with Crippen LogP contribution in [0.1, 0.15) is 34.1 Å². The van der Waals surface area contributed by atoms with Crippen molar-refractivity contribution in [2.45, 2.75) is 19.4 Å². The molecule has 2 aliphatic rings. The molecule has 4 rings (SSSR count). The largest absolute Gasteiger partial charge is 0.465 e. The fraction of sp³-hybridized carbons (Fsp3) is 0.393. The minimum Gasteiger partial charge on any atom is -0.465 e. The number of carbonyl (C=O) groups excluding carboxylic acids is 4. The molecule has 2 aromatic rings. The van der Waals surface area contributed by atoms with E-state index in [1.807, 2.05) is 0 Å². The van der Waals surface area contributed by atoms with Gasteiger partial charge in [0.05, 0.1) is 50.2 Å². The number of thiocarbonyl (C=S) groups is 1. The van der Waals surface area contributed by atoms with Crippen LogP contribution in [-0.4, -0.2) is 97.8 Å². The Morgan fingerprint density at radius 2 is 1.60 bits per heavy atom. The van der Waals surface area contributed by atoms with E-state index in [0.717, 1.165) is 13.1 Å². The highest BCUT2D eigenvalue weighted by Crippen LogP contribution is 2.28. The van der Waals surface area contributed by atoms with Crippen molar-refractivity contribution in [3.63, 3.8) is 0 Å². The lowest BCUT2D eigenvalue weighted by Crippen LogP contribution is -2.45. The van der Waals surface area contributed by atoms with Gasteiger partial charge in [-0.3, -0.25) is 19.4 Å². The Labute approximate surface area is 237 Å². The number of methoxy groups -OCH3 is 1. The predicted molar refractivity (Wildman–Crippen MR) is 151 cm³/mol. The van der Waals surface area contributed by atoms with Gasteiger partial charge in [-0.1, -0.05) is 0 Å². The minimum atomic E-state index is -0.812. The summed E-state index contributed by atoms with van der Waals surface area (Å²) in [5.41, 5.74) is 1.70. The molecular weight excluding hydrogens is 536 g/mol. The lowest BCUT2D eigenvalue weighted by molar-refractivity contribution is -0.124. The molecule has 40 heavy (non-hydrogen) atoms. The Hall–Kier alpha value is -3.87. The molecule has 0 bridgehead atoms. The Bertz CT molecular complexity index is 1250. The van der Waals surface area contributed by atoms with Crippen molar-refractivity contribution in [2.75, 3.05) is 63.3 Å². The molecule has 2 aromatic carbocycles. The molecule has 2 aliphatic heterocycles. The second kappa shape index (κ2) is 13.5. The van der Waals surface area contributed by atoms with E-state index in [1.165, 1.54) is 12.0 Å². The van der Waals surface area contributed by atoms with Crippen LogP contribution >= 0.6 is 12.2 Å². The molecule has 212 valence electrons. The molecule has 12 heteroatoms. The molecule has 1 unspecified atom stereocenters. The van der Waals surface area contributed by atoms with Gasteiger partial charge in [-0.15, -0.1) is 0 Å². The second-order valence-corrected chi connectivity index (χ2v) is 9.57. The molecule has 2 amide bonds. The number of ether oxygens (including phenoxy) is 3. The Kier molecular flexibility index (Phi) is 9.80. The van der Waals surface area contributed by atoms with Crippen molar-refractivity contribution < 1.29 is 33.4 Å². The van der Waals surface area contributed by atoms with E-state index in [4.69, 9.17) is 26.4 Å². The molecule has 2 fully saturated rings. The first-order valence-corrected chi connectivity index (χ1v) is 13.4. The van der Waals surface area contributed by atoms with Crippen LogP contribution in [-0.2, 0) is 23.8 Å². The van der Waals surface area contributed by atoms with Gasteiger partial charge in [-0.2, -0.15) is 0 Å². The molecule has 1 N–H and O–H groups in total. The quantitative estimate of drug-likeness (QED) is 0.338. The standard InChI is InChI=1S/C28H32N4O7S/c1-3-39-27(36)20-6-10-22(11-7-20)32-25(34)23(31(28(32)40)13-12-30-14-16-38-17-15-30)18-24(33)29-21-8-4-19(5-9-21)26(35)37-2/h4-11,23H,3,12-18H2,1-2H3,(H,29,33). The average Bonchev–Trinajstić information content (AvgIpc) is 3.20. The number of carbonyl (C=O) groups is 4. The Morgan fingerprint density at radius 3 is 2.23 bits per heavy atom. The predicted octanol–water partition coefficient (Wildman–Crippen LogP) is 2.31. The van der Waals surface area contributed by atoms with E-state index in [2.05, 4.69) is 10.2 Å². The second-order valence-electron chi connectivity index (χ2n) is 9.21. The number of amides is 2. The van der Waals surface area contributed by atoms with Crippen molar-refractivity contribution in [1.82, 2.24) is 9.80 Å². The van der Waals surface area contributed by atoms with Crippen LogP contribution in [0.15, 0.2) is 48.5 Å². The van der Waals surface area contributed by atoms with Gasteiger partial charge in [-0.25, -0.2) is 9.59 Å². The number of nitrogens with zero attached hydrogens (tertiary/aromatic N) is 3. The van der Waals surface area contributed by atoms with Crippen molar-refractivity contribution in [3.05, 3.63) is 59.7 Å².